The third-order valence-electron chi connectivity index (χ3n) is 4.17. The first kappa shape index (κ1) is 13.7. The molecule has 1 aromatic carbocycles. The van der Waals surface area contributed by atoms with Crippen LogP contribution in [0.25, 0.3) is 0 Å². The molecule has 110 valence electrons. The molecule has 0 aromatic heterocycles. The number of rotatable bonds is 5. The van der Waals surface area contributed by atoms with Gasteiger partial charge in [-0.15, -0.1) is 0 Å². The molecule has 3 rings (SSSR count). The average molecular weight is 276 g/mol. The van der Waals surface area contributed by atoms with Gasteiger partial charge in [-0.25, -0.2) is 0 Å². The summed E-state index contributed by atoms with van der Waals surface area (Å²) < 4.78 is 10.9. The van der Waals surface area contributed by atoms with Crippen molar-refractivity contribution in [2.75, 3.05) is 13.3 Å². The van der Waals surface area contributed by atoms with Gasteiger partial charge in [0.25, 0.3) is 0 Å². The van der Waals surface area contributed by atoms with Crippen LogP contribution in [-0.2, 0) is 6.54 Å². The van der Waals surface area contributed by atoms with Crippen molar-refractivity contribution in [3.05, 3.63) is 23.8 Å². The first-order chi connectivity index (χ1) is 9.83. The van der Waals surface area contributed by atoms with E-state index in [9.17, 15) is 0 Å². The number of ether oxygens (including phenoxy) is 2. The van der Waals surface area contributed by atoms with Crippen LogP contribution in [0.5, 0.6) is 11.5 Å². The zero-order valence-corrected chi connectivity index (χ0v) is 12.2. The Hall–Kier alpha value is -1.26. The van der Waals surface area contributed by atoms with Crippen LogP contribution in [0, 0.1) is 0 Å². The van der Waals surface area contributed by atoms with E-state index in [1.807, 2.05) is 12.1 Å². The highest BCUT2D eigenvalue weighted by Crippen LogP contribution is 2.35. The Bertz CT molecular complexity index is 444. The Kier molecular flexibility index (Phi) is 4.43. The van der Waals surface area contributed by atoms with Crippen molar-refractivity contribution >= 4 is 0 Å². The molecule has 0 amide bonds. The van der Waals surface area contributed by atoms with E-state index in [2.05, 4.69) is 23.6 Å². The van der Waals surface area contributed by atoms with Gasteiger partial charge in [0.05, 0.1) is 0 Å². The fraction of sp³-hybridized carbons (Fsp3) is 0.625. The van der Waals surface area contributed by atoms with E-state index in [0.717, 1.165) is 18.0 Å². The first-order valence-corrected chi connectivity index (χ1v) is 7.67. The van der Waals surface area contributed by atoms with Crippen molar-refractivity contribution in [2.24, 2.45) is 0 Å². The van der Waals surface area contributed by atoms with Crippen LogP contribution < -0.4 is 20.1 Å². The molecule has 4 nitrogen and oxygen atoms in total. The molecule has 4 heteroatoms. The van der Waals surface area contributed by atoms with E-state index in [-0.39, 0.29) is 0 Å². The molecule has 2 aliphatic rings. The van der Waals surface area contributed by atoms with Crippen LogP contribution in [0.3, 0.4) is 0 Å². The third-order valence-corrected chi connectivity index (χ3v) is 4.17. The second kappa shape index (κ2) is 6.46. The minimum atomic E-state index is 0.341. The van der Waals surface area contributed by atoms with Gasteiger partial charge in [0.2, 0.25) is 6.79 Å². The zero-order chi connectivity index (χ0) is 13.8. The SMILES string of the molecule is CC(CC1CCCCN1)NCc1cccc2c1OCO2. The molecule has 0 saturated carbocycles. The Balaban J connectivity index is 1.50. The van der Waals surface area contributed by atoms with E-state index < -0.39 is 0 Å². The highest BCUT2D eigenvalue weighted by Gasteiger charge is 2.19. The Morgan fingerprint density at radius 2 is 2.30 bits per heavy atom. The Morgan fingerprint density at radius 3 is 3.15 bits per heavy atom. The number of para-hydroxylation sites is 1. The van der Waals surface area contributed by atoms with Crippen LogP contribution in [0.2, 0.25) is 0 Å². The summed E-state index contributed by atoms with van der Waals surface area (Å²) in [6.45, 7) is 4.61. The third kappa shape index (κ3) is 3.25. The van der Waals surface area contributed by atoms with Gasteiger partial charge in [0, 0.05) is 24.2 Å². The van der Waals surface area contributed by atoms with Gasteiger partial charge in [0.15, 0.2) is 11.5 Å². The molecular formula is C16H24N2O2. The van der Waals surface area contributed by atoms with Crippen molar-refractivity contribution in [3.8, 4) is 11.5 Å². The topological polar surface area (TPSA) is 42.5 Å². The molecule has 2 N–H and O–H groups in total. The number of hydrogen-bond donors (Lipinski definition) is 2. The van der Waals surface area contributed by atoms with Crippen LogP contribution in [0.1, 0.15) is 38.2 Å². The molecule has 0 radical (unpaired) electrons. The van der Waals surface area contributed by atoms with Gasteiger partial charge in [-0.05, 0) is 38.8 Å². The molecule has 0 spiro atoms. The summed E-state index contributed by atoms with van der Waals surface area (Å²) >= 11 is 0. The molecule has 2 aliphatic heterocycles. The normalized spacial score (nSPS) is 22.8. The quantitative estimate of drug-likeness (QED) is 0.867. The summed E-state index contributed by atoms with van der Waals surface area (Å²) in [4.78, 5) is 0. The number of hydrogen-bond acceptors (Lipinski definition) is 4. The second-order valence-corrected chi connectivity index (χ2v) is 5.82. The predicted octanol–water partition coefficient (Wildman–Crippen LogP) is 2.43. The van der Waals surface area contributed by atoms with E-state index in [0.29, 0.717) is 18.9 Å². The smallest absolute Gasteiger partial charge is 0.231 e. The van der Waals surface area contributed by atoms with E-state index in [1.54, 1.807) is 0 Å². The van der Waals surface area contributed by atoms with Gasteiger partial charge in [-0.2, -0.15) is 0 Å². The van der Waals surface area contributed by atoms with E-state index in [4.69, 9.17) is 9.47 Å². The summed E-state index contributed by atoms with van der Waals surface area (Å²) in [6, 6.07) is 7.27. The highest BCUT2D eigenvalue weighted by atomic mass is 16.7. The molecule has 2 unspecified atom stereocenters. The molecule has 20 heavy (non-hydrogen) atoms. The summed E-state index contributed by atoms with van der Waals surface area (Å²) in [7, 11) is 0. The maximum Gasteiger partial charge on any atom is 0.231 e. The maximum absolute atomic E-state index is 5.54. The first-order valence-electron chi connectivity index (χ1n) is 7.67. The minimum Gasteiger partial charge on any atom is -0.454 e. The molecule has 2 heterocycles. The Morgan fingerprint density at radius 1 is 1.35 bits per heavy atom. The molecule has 1 saturated heterocycles. The van der Waals surface area contributed by atoms with E-state index in [1.165, 1.54) is 37.8 Å². The fourth-order valence-corrected chi connectivity index (χ4v) is 3.05. The number of nitrogens with one attached hydrogen (secondary N) is 2. The maximum atomic E-state index is 5.54. The summed E-state index contributed by atoms with van der Waals surface area (Å²) in [5.74, 6) is 1.77. The molecule has 2 atom stereocenters. The van der Waals surface area contributed by atoms with Crippen molar-refractivity contribution in [1.29, 1.82) is 0 Å². The van der Waals surface area contributed by atoms with Crippen molar-refractivity contribution in [1.82, 2.24) is 10.6 Å². The number of piperidine rings is 1. The monoisotopic (exact) mass is 276 g/mol. The minimum absolute atomic E-state index is 0.341. The van der Waals surface area contributed by atoms with Gasteiger partial charge < -0.3 is 20.1 Å². The lowest BCUT2D eigenvalue weighted by molar-refractivity contribution is 0.173. The van der Waals surface area contributed by atoms with E-state index >= 15 is 0 Å². The molecule has 1 fully saturated rings. The van der Waals surface area contributed by atoms with Crippen molar-refractivity contribution in [2.45, 2.75) is 51.2 Å². The molecule has 1 aromatic rings. The van der Waals surface area contributed by atoms with Crippen molar-refractivity contribution < 1.29 is 9.47 Å². The van der Waals surface area contributed by atoms with Crippen molar-refractivity contribution in [3.63, 3.8) is 0 Å². The molecule has 0 aliphatic carbocycles. The lowest BCUT2D eigenvalue weighted by Gasteiger charge is -2.26. The summed E-state index contributed by atoms with van der Waals surface area (Å²) in [5.41, 5.74) is 1.18. The van der Waals surface area contributed by atoms with Crippen LogP contribution in [0.15, 0.2) is 18.2 Å². The second-order valence-electron chi connectivity index (χ2n) is 5.82. The highest BCUT2D eigenvalue weighted by molar-refractivity contribution is 5.48. The fourth-order valence-electron chi connectivity index (χ4n) is 3.05. The standard InChI is InChI=1S/C16H24N2O2/c1-12(9-14-6-2-3-8-17-14)18-10-13-5-4-7-15-16(13)20-11-19-15/h4-5,7,12,14,17-18H,2-3,6,8-11H2,1H3. The zero-order valence-electron chi connectivity index (χ0n) is 12.2. The van der Waals surface area contributed by atoms with Crippen LogP contribution in [-0.4, -0.2) is 25.4 Å². The predicted molar refractivity (Wildman–Crippen MR) is 79.1 cm³/mol. The van der Waals surface area contributed by atoms with Gasteiger partial charge in [-0.1, -0.05) is 18.6 Å². The van der Waals surface area contributed by atoms with Gasteiger partial charge in [0.1, 0.15) is 0 Å². The van der Waals surface area contributed by atoms with Gasteiger partial charge >= 0.3 is 0 Å². The molecule has 0 bridgehead atoms. The van der Waals surface area contributed by atoms with Gasteiger partial charge in [-0.3, -0.25) is 0 Å². The van der Waals surface area contributed by atoms with Crippen LogP contribution in [0.4, 0.5) is 0 Å². The Labute approximate surface area is 120 Å². The lowest BCUT2D eigenvalue weighted by atomic mass is 9.98. The van der Waals surface area contributed by atoms with Crippen LogP contribution >= 0.6 is 0 Å². The summed E-state index contributed by atoms with van der Waals surface area (Å²) in [5, 5.41) is 7.21. The molecular weight excluding hydrogens is 252 g/mol. The largest absolute Gasteiger partial charge is 0.454 e. The number of benzene rings is 1. The average Bonchev–Trinajstić information content (AvgIpc) is 2.95. The lowest BCUT2D eigenvalue weighted by Crippen LogP contribution is -2.39. The number of fused-ring (bicyclic) bond motifs is 1. The summed E-state index contributed by atoms with van der Waals surface area (Å²) in [6.07, 6.45) is 5.18.